The predicted octanol–water partition coefficient (Wildman–Crippen LogP) is 2.01. The lowest BCUT2D eigenvalue weighted by atomic mass is 10.1. The molecule has 1 aromatic carbocycles. The number of carbonyl (C=O) groups excluding carboxylic acids is 1. The molecule has 23 heavy (non-hydrogen) atoms. The van der Waals surface area contributed by atoms with E-state index < -0.39 is 10.0 Å². The number of rotatable bonds is 3. The SMILES string of the molecule is CCc1ccc(S(=O)(=O)N2CC(=O)N(C)c3ccccc3C2)o1. The third-order valence-corrected chi connectivity index (χ3v) is 5.63. The monoisotopic (exact) mass is 334 g/mol. The van der Waals surface area contributed by atoms with Gasteiger partial charge < -0.3 is 9.32 Å². The van der Waals surface area contributed by atoms with Crippen LogP contribution in [0.3, 0.4) is 0 Å². The van der Waals surface area contributed by atoms with E-state index in [1.54, 1.807) is 13.1 Å². The summed E-state index contributed by atoms with van der Waals surface area (Å²) in [5.74, 6) is 0.322. The Bertz CT molecular complexity index is 841. The third-order valence-electron chi connectivity index (χ3n) is 3.96. The molecule has 1 aromatic heterocycles. The lowest BCUT2D eigenvalue weighted by Gasteiger charge is -2.18. The Balaban J connectivity index is 2.01. The number of fused-ring (bicyclic) bond motifs is 1. The Hall–Kier alpha value is -2.12. The summed E-state index contributed by atoms with van der Waals surface area (Å²) >= 11 is 0. The van der Waals surface area contributed by atoms with Crippen molar-refractivity contribution in [1.82, 2.24) is 4.31 Å². The van der Waals surface area contributed by atoms with Crippen molar-refractivity contribution < 1.29 is 17.6 Å². The Morgan fingerprint density at radius 3 is 2.57 bits per heavy atom. The summed E-state index contributed by atoms with van der Waals surface area (Å²) in [4.78, 5) is 13.8. The van der Waals surface area contributed by atoms with Gasteiger partial charge in [0.2, 0.25) is 11.0 Å². The van der Waals surface area contributed by atoms with Gasteiger partial charge in [-0.15, -0.1) is 0 Å². The quantitative estimate of drug-likeness (QED) is 0.861. The number of carbonyl (C=O) groups is 1. The average molecular weight is 334 g/mol. The first-order valence-corrected chi connectivity index (χ1v) is 8.81. The molecule has 3 rings (SSSR count). The number of para-hydroxylation sites is 1. The maximum Gasteiger partial charge on any atom is 0.277 e. The minimum atomic E-state index is -3.85. The standard InChI is InChI=1S/C16H18N2O4S/c1-3-13-8-9-16(22-13)23(20,21)18-10-12-6-4-5-7-14(12)17(2)15(19)11-18/h4-9H,3,10-11H2,1-2H3. The molecule has 1 amide bonds. The summed E-state index contributed by atoms with van der Waals surface area (Å²) in [5, 5.41) is -0.121. The summed E-state index contributed by atoms with van der Waals surface area (Å²) in [6, 6.07) is 10.4. The minimum Gasteiger partial charge on any atom is -0.448 e. The summed E-state index contributed by atoms with van der Waals surface area (Å²) in [5.41, 5.74) is 1.51. The third kappa shape index (κ3) is 2.77. The van der Waals surface area contributed by atoms with Crippen LogP contribution >= 0.6 is 0 Å². The van der Waals surface area contributed by atoms with Crippen molar-refractivity contribution in [3.63, 3.8) is 0 Å². The maximum atomic E-state index is 12.8. The Morgan fingerprint density at radius 2 is 1.87 bits per heavy atom. The van der Waals surface area contributed by atoms with Crippen LogP contribution in [0.15, 0.2) is 45.9 Å². The van der Waals surface area contributed by atoms with Crippen molar-refractivity contribution in [2.75, 3.05) is 18.5 Å². The lowest BCUT2D eigenvalue weighted by molar-refractivity contribution is -0.118. The van der Waals surface area contributed by atoms with Gasteiger partial charge in [-0.2, -0.15) is 4.31 Å². The van der Waals surface area contributed by atoms with E-state index in [1.807, 2.05) is 31.2 Å². The van der Waals surface area contributed by atoms with Gasteiger partial charge in [-0.05, 0) is 23.8 Å². The highest BCUT2D eigenvalue weighted by Crippen LogP contribution is 2.28. The van der Waals surface area contributed by atoms with Gasteiger partial charge in [0, 0.05) is 25.7 Å². The number of sulfonamides is 1. The lowest BCUT2D eigenvalue weighted by Crippen LogP contribution is -2.38. The molecule has 0 saturated heterocycles. The van der Waals surface area contributed by atoms with Gasteiger partial charge in [-0.1, -0.05) is 25.1 Å². The molecule has 0 N–H and O–H groups in total. The van der Waals surface area contributed by atoms with Crippen molar-refractivity contribution >= 4 is 21.6 Å². The van der Waals surface area contributed by atoms with Gasteiger partial charge in [0.05, 0.1) is 6.54 Å². The molecule has 0 fully saturated rings. The van der Waals surface area contributed by atoms with Crippen LogP contribution < -0.4 is 4.90 Å². The molecule has 0 spiro atoms. The molecule has 0 bridgehead atoms. The average Bonchev–Trinajstić information content (AvgIpc) is 2.99. The normalized spacial score (nSPS) is 16.3. The Kier molecular flexibility index (Phi) is 3.99. The zero-order chi connectivity index (χ0) is 16.6. The van der Waals surface area contributed by atoms with Crippen molar-refractivity contribution in [3.05, 3.63) is 47.7 Å². The highest BCUT2D eigenvalue weighted by molar-refractivity contribution is 7.89. The summed E-state index contributed by atoms with van der Waals surface area (Å²) in [6.45, 7) is 1.81. The van der Waals surface area contributed by atoms with Gasteiger partial charge in [0.15, 0.2) is 0 Å². The van der Waals surface area contributed by atoms with Crippen molar-refractivity contribution in [1.29, 1.82) is 0 Å². The highest BCUT2D eigenvalue weighted by atomic mass is 32.2. The molecule has 122 valence electrons. The number of amides is 1. The zero-order valence-electron chi connectivity index (χ0n) is 13.0. The van der Waals surface area contributed by atoms with E-state index in [2.05, 4.69) is 0 Å². The summed E-state index contributed by atoms with van der Waals surface area (Å²) < 4.78 is 32.1. The number of nitrogens with zero attached hydrogens (tertiary/aromatic N) is 2. The van der Waals surface area contributed by atoms with E-state index >= 15 is 0 Å². The fraction of sp³-hybridized carbons (Fsp3) is 0.312. The van der Waals surface area contributed by atoms with E-state index in [0.717, 1.165) is 15.6 Å². The van der Waals surface area contributed by atoms with Gasteiger partial charge >= 0.3 is 0 Å². The number of benzene rings is 1. The molecule has 7 heteroatoms. The van der Waals surface area contributed by atoms with Crippen LogP contribution in [-0.4, -0.2) is 32.2 Å². The first-order chi connectivity index (χ1) is 10.9. The number of anilines is 1. The molecule has 1 aliphatic rings. The molecule has 6 nitrogen and oxygen atoms in total. The second kappa shape index (κ2) is 5.82. The maximum absolute atomic E-state index is 12.8. The summed E-state index contributed by atoms with van der Waals surface area (Å²) in [6.07, 6.45) is 0.611. The Labute approximate surface area is 135 Å². The number of aryl methyl sites for hydroxylation is 1. The molecule has 0 unspecified atom stereocenters. The molecule has 2 heterocycles. The summed E-state index contributed by atoms with van der Waals surface area (Å²) in [7, 11) is -2.20. The van der Waals surface area contributed by atoms with Gasteiger partial charge in [-0.3, -0.25) is 4.79 Å². The molecular formula is C16H18N2O4S. The van der Waals surface area contributed by atoms with E-state index in [4.69, 9.17) is 4.42 Å². The number of hydrogen-bond acceptors (Lipinski definition) is 4. The van der Waals surface area contributed by atoms with Crippen LogP contribution in [0.4, 0.5) is 5.69 Å². The molecule has 0 saturated carbocycles. The second-order valence-corrected chi connectivity index (χ2v) is 7.30. The van der Waals surface area contributed by atoms with Crippen LogP contribution in [0.2, 0.25) is 0 Å². The van der Waals surface area contributed by atoms with Gasteiger partial charge in [0.1, 0.15) is 5.76 Å². The molecule has 0 radical (unpaired) electrons. The first-order valence-electron chi connectivity index (χ1n) is 7.37. The highest BCUT2D eigenvalue weighted by Gasteiger charge is 2.34. The fourth-order valence-corrected chi connectivity index (χ4v) is 3.89. The fourth-order valence-electron chi connectivity index (χ4n) is 2.59. The predicted molar refractivity (Wildman–Crippen MR) is 85.5 cm³/mol. The Morgan fingerprint density at radius 1 is 1.13 bits per heavy atom. The molecule has 1 aliphatic heterocycles. The van der Waals surface area contributed by atoms with E-state index in [9.17, 15) is 13.2 Å². The van der Waals surface area contributed by atoms with E-state index in [1.165, 1.54) is 11.0 Å². The topological polar surface area (TPSA) is 70.8 Å². The van der Waals surface area contributed by atoms with E-state index in [-0.39, 0.29) is 24.1 Å². The minimum absolute atomic E-state index is 0.121. The smallest absolute Gasteiger partial charge is 0.277 e. The van der Waals surface area contributed by atoms with Crippen LogP contribution in [0, 0.1) is 0 Å². The van der Waals surface area contributed by atoms with Crippen LogP contribution in [0.1, 0.15) is 18.2 Å². The van der Waals surface area contributed by atoms with Crippen molar-refractivity contribution in [2.45, 2.75) is 25.0 Å². The molecular weight excluding hydrogens is 316 g/mol. The molecule has 2 aromatic rings. The van der Waals surface area contributed by atoms with Gasteiger partial charge in [0.25, 0.3) is 10.0 Å². The van der Waals surface area contributed by atoms with Crippen LogP contribution in [0.25, 0.3) is 0 Å². The van der Waals surface area contributed by atoms with E-state index in [0.29, 0.717) is 12.2 Å². The van der Waals surface area contributed by atoms with Crippen molar-refractivity contribution in [2.24, 2.45) is 0 Å². The van der Waals surface area contributed by atoms with Crippen molar-refractivity contribution in [3.8, 4) is 0 Å². The van der Waals surface area contributed by atoms with Gasteiger partial charge in [-0.25, -0.2) is 8.42 Å². The number of furan rings is 1. The number of likely N-dealkylation sites (N-methyl/N-ethyl adjacent to an activating group) is 1. The second-order valence-electron chi connectivity index (χ2n) is 5.43. The zero-order valence-corrected chi connectivity index (χ0v) is 13.8. The first kappa shape index (κ1) is 15.8. The van der Waals surface area contributed by atoms with Crippen LogP contribution in [-0.2, 0) is 27.8 Å². The molecule has 0 atom stereocenters. The number of hydrogen-bond donors (Lipinski definition) is 0. The molecule has 0 aliphatic carbocycles. The largest absolute Gasteiger partial charge is 0.448 e. The van der Waals surface area contributed by atoms with Crippen LogP contribution in [0.5, 0.6) is 0 Å².